The number of hydrogen-bond acceptors (Lipinski definition) is 2. The Bertz CT molecular complexity index is 93.6. The summed E-state index contributed by atoms with van der Waals surface area (Å²) >= 11 is 0. The van der Waals surface area contributed by atoms with E-state index in [0.29, 0.717) is 5.92 Å². The first-order valence-electron chi connectivity index (χ1n) is 4.47. The summed E-state index contributed by atoms with van der Waals surface area (Å²) in [5.74, 6) is 0.647. The molecule has 0 heterocycles. The molecule has 0 aromatic heterocycles. The van der Waals surface area contributed by atoms with Crippen LogP contribution in [0.4, 0.5) is 0 Å². The third-order valence-corrected chi connectivity index (χ3v) is 1.98. The maximum absolute atomic E-state index is 9.50. The van der Waals surface area contributed by atoms with Crippen LogP contribution in [0.25, 0.3) is 0 Å². The summed E-state index contributed by atoms with van der Waals surface area (Å²) in [6.45, 7) is 6.36. The second-order valence-corrected chi connectivity index (χ2v) is 3.50. The number of rotatable bonds is 5. The Labute approximate surface area is 70.0 Å². The molecule has 0 aliphatic rings. The van der Waals surface area contributed by atoms with Crippen molar-refractivity contribution < 1.29 is 5.11 Å². The van der Waals surface area contributed by atoms with Gasteiger partial charge in [0.15, 0.2) is 0 Å². The average Bonchev–Trinajstić information content (AvgIpc) is 1.98. The Balaban J connectivity index is 3.74. The molecule has 68 valence electrons. The number of aliphatic hydroxyl groups is 1. The van der Waals surface area contributed by atoms with Crippen LogP contribution in [0, 0.1) is 5.92 Å². The molecule has 2 nitrogen and oxygen atoms in total. The van der Waals surface area contributed by atoms with Crippen LogP contribution in [0.5, 0.6) is 0 Å². The lowest BCUT2D eigenvalue weighted by Gasteiger charge is -2.22. The van der Waals surface area contributed by atoms with Gasteiger partial charge in [0.2, 0.25) is 0 Å². The molecule has 0 rings (SSSR count). The molecule has 0 spiro atoms. The van der Waals surface area contributed by atoms with Crippen molar-refractivity contribution >= 4 is 0 Å². The number of nitrogens with one attached hydrogen (secondary N) is 1. The van der Waals surface area contributed by atoms with Crippen molar-refractivity contribution in [3.05, 3.63) is 0 Å². The minimum absolute atomic E-state index is 0.192. The van der Waals surface area contributed by atoms with Crippen LogP contribution in [-0.2, 0) is 0 Å². The second-order valence-electron chi connectivity index (χ2n) is 3.50. The number of hydrogen-bond donors (Lipinski definition) is 2. The van der Waals surface area contributed by atoms with E-state index in [0.717, 1.165) is 12.8 Å². The molecular formula is C9H21NO. The Kier molecular flexibility index (Phi) is 5.51. The van der Waals surface area contributed by atoms with Gasteiger partial charge in [-0.2, -0.15) is 0 Å². The molecule has 2 N–H and O–H groups in total. The van der Waals surface area contributed by atoms with Crippen molar-refractivity contribution in [3.8, 4) is 0 Å². The van der Waals surface area contributed by atoms with Gasteiger partial charge >= 0.3 is 0 Å². The Morgan fingerprint density at radius 2 is 1.91 bits per heavy atom. The fourth-order valence-corrected chi connectivity index (χ4v) is 1.26. The molecule has 0 aromatic carbocycles. The first-order valence-corrected chi connectivity index (χ1v) is 4.47. The molecule has 0 aliphatic carbocycles. The van der Waals surface area contributed by atoms with E-state index in [4.69, 9.17) is 0 Å². The zero-order valence-electron chi connectivity index (χ0n) is 8.09. The molecule has 2 unspecified atom stereocenters. The van der Waals surface area contributed by atoms with E-state index in [1.165, 1.54) is 0 Å². The predicted molar refractivity (Wildman–Crippen MR) is 48.6 cm³/mol. The first kappa shape index (κ1) is 10.9. The molecule has 2 heteroatoms. The SMILES string of the molecule is CCC(O)C(CC(C)C)NC. The van der Waals surface area contributed by atoms with Crippen molar-refractivity contribution in [3.63, 3.8) is 0 Å². The fourth-order valence-electron chi connectivity index (χ4n) is 1.26. The van der Waals surface area contributed by atoms with Crippen LogP contribution >= 0.6 is 0 Å². The van der Waals surface area contributed by atoms with E-state index in [1.807, 2.05) is 14.0 Å². The largest absolute Gasteiger partial charge is 0.392 e. The van der Waals surface area contributed by atoms with E-state index in [1.54, 1.807) is 0 Å². The summed E-state index contributed by atoms with van der Waals surface area (Å²) in [4.78, 5) is 0. The summed E-state index contributed by atoms with van der Waals surface area (Å²) in [7, 11) is 1.91. The van der Waals surface area contributed by atoms with Crippen LogP contribution in [0.1, 0.15) is 33.6 Å². The van der Waals surface area contributed by atoms with E-state index in [9.17, 15) is 5.11 Å². The van der Waals surface area contributed by atoms with E-state index in [2.05, 4.69) is 19.2 Å². The lowest BCUT2D eigenvalue weighted by Crippen LogP contribution is -2.38. The molecule has 0 radical (unpaired) electrons. The number of aliphatic hydroxyl groups excluding tert-OH is 1. The monoisotopic (exact) mass is 159 g/mol. The maximum Gasteiger partial charge on any atom is 0.0690 e. The van der Waals surface area contributed by atoms with Gasteiger partial charge < -0.3 is 10.4 Å². The van der Waals surface area contributed by atoms with Gasteiger partial charge in [-0.15, -0.1) is 0 Å². The van der Waals surface area contributed by atoms with Crippen molar-refractivity contribution in [2.75, 3.05) is 7.05 Å². The molecule has 0 bridgehead atoms. The molecule has 0 amide bonds. The van der Waals surface area contributed by atoms with Gasteiger partial charge in [0.25, 0.3) is 0 Å². The van der Waals surface area contributed by atoms with E-state index >= 15 is 0 Å². The quantitative estimate of drug-likeness (QED) is 0.635. The van der Waals surface area contributed by atoms with Gasteiger partial charge in [0.05, 0.1) is 6.10 Å². The lowest BCUT2D eigenvalue weighted by molar-refractivity contribution is 0.116. The van der Waals surface area contributed by atoms with Gasteiger partial charge in [0.1, 0.15) is 0 Å². The van der Waals surface area contributed by atoms with E-state index in [-0.39, 0.29) is 12.1 Å². The van der Waals surface area contributed by atoms with Gasteiger partial charge in [-0.05, 0) is 25.8 Å². The highest BCUT2D eigenvalue weighted by Gasteiger charge is 2.15. The normalized spacial score (nSPS) is 16.9. The Morgan fingerprint density at radius 1 is 1.36 bits per heavy atom. The van der Waals surface area contributed by atoms with Crippen LogP contribution < -0.4 is 5.32 Å². The van der Waals surface area contributed by atoms with E-state index < -0.39 is 0 Å². The molecule has 0 aliphatic heterocycles. The minimum Gasteiger partial charge on any atom is -0.392 e. The molecule has 0 fully saturated rings. The zero-order valence-corrected chi connectivity index (χ0v) is 8.09. The standard InChI is InChI=1S/C9H21NO/c1-5-9(11)8(10-4)6-7(2)3/h7-11H,5-6H2,1-4H3. The third kappa shape index (κ3) is 4.38. The second kappa shape index (κ2) is 5.56. The maximum atomic E-state index is 9.50. The van der Waals surface area contributed by atoms with Gasteiger partial charge in [-0.3, -0.25) is 0 Å². The highest BCUT2D eigenvalue weighted by Crippen LogP contribution is 2.09. The molecule has 11 heavy (non-hydrogen) atoms. The van der Waals surface area contributed by atoms with Crippen molar-refractivity contribution in [1.82, 2.24) is 5.32 Å². The molecule has 2 atom stereocenters. The van der Waals surface area contributed by atoms with Crippen LogP contribution in [0.15, 0.2) is 0 Å². The summed E-state index contributed by atoms with van der Waals surface area (Å²) < 4.78 is 0. The molecular weight excluding hydrogens is 138 g/mol. The van der Waals surface area contributed by atoms with Crippen LogP contribution in [0.3, 0.4) is 0 Å². The third-order valence-electron chi connectivity index (χ3n) is 1.98. The van der Waals surface area contributed by atoms with Gasteiger partial charge in [0, 0.05) is 6.04 Å². The molecule has 0 saturated heterocycles. The van der Waals surface area contributed by atoms with Crippen LogP contribution in [-0.4, -0.2) is 24.3 Å². The lowest BCUT2D eigenvalue weighted by atomic mass is 9.98. The summed E-state index contributed by atoms with van der Waals surface area (Å²) in [5, 5.41) is 12.6. The van der Waals surface area contributed by atoms with Gasteiger partial charge in [-0.25, -0.2) is 0 Å². The first-order chi connectivity index (χ1) is 5.11. The Morgan fingerprint density at radius 3 is 2.18 bits per heavy atom. The average molecular weight is 159 g/mol. The summed E-state index contributed by atoms with van der Waals surface area (Å²) in [6.07, 6.45) is 1.69. The number of likely N-dealkylation sites (N-methyl/N-ethyl adjacent to an activating group) is 1. The summed E-state index contributed by atoms with van der Waals surface area (Å²) in [6, 6.07) is 0.264. The zero-order chi connectivity index (χ0) is 8.85. The molecule has 0 saturated carbocycles. The Hall–Kier alpha value is -0.0800. The topological polar surface area (TPSA) is 32.3 Å². The van der Waals surface area contributed by atoms with Crippen molar-refractivity contribution in [2.45, 2.75) is 45.8 Å². The highest BCUT2D eigenvalue weighted by atomic mass is 16.3. The van der Waals surface area contributed by atoms with Crippen LogP contribution in [0.2, 0.25) is 0 Å². The van der Waals surface area contributed by atoms with Crippen molar-refractivity contribution in [1.29, 1.82) is 0 Å². The van der Waals surface area contributed by atoms with Crippen molar-refractivity contribution in [2.24, 2.45) is 5.92 Å². The smallest absolute Gasteiger partial charge is 0.0690 e. The van der Waals surface area contributed by atoms with Gasteiger partial charge in [-0.1, -0.05) is 20.8 Å². The fraction of sp³-hybridized carbons (Fsp3) is 1.00. The predicted octanol–water partition coefficient (Wildman–Crippen LogP) is 1.39. The highest BCUT2D eigenvalue weighted by molar-refractivity contribution is 4.73. The summed E-state index contributed by atoms with van der Waals surface area (Å²) in [5.41, 5.74) is 0. The minimum atomic E-state index is -0.192. The molecule has 0 aromatic rings.